The first-order chi connectivity index (χ1) is 10.1. The molecule has 1 aliphatic heterocycles. The summed E-state index contributed by atoms with van der Waals surface area (Å²) in [4.78, 5) is 25.8. The maximum absolute atomic E-state index is 12.6. The molecule has 5 heteroatoms. The van der Waals surface area contributed by atoms with Crippen LogP contribution in [0.4, 0.5) is 4.79 Å². The maximum atomic E-state index is 12.6. The Bertz CT molecular complexity index is 569. The van der Waals surface area contributed by atoms with Gasteiger partial charge in [0.15, 0.2) is 5.78 Å². The minimum Gasteiger partial charge on any atom is -0.444 e. The fraction of sp³-hybridized carbons (Fsp3) is 0.529. The molecule has 0 N–H and O–H groups in total. The van der Waals surface area contributed by atoms with E-state index >= 15 is 0 Å². The Labute approximate surface area is 136 Å². The van der Waals surface area contributed by atoms with Crippen molar-refractivity contribution in [1.82, 2.24) is 4.90 Å². The Morgan fingerprint density at radius 2 is 1.77 bits per heavy atom. The van der Waals surface area contributed by atoms with Crippen LogP contribution < -0.4 is 0 Å². The van der Waals surface area contributed by atoms with Crippen molar-refractivity contribution in [3.05, 3.63) is 35.9 Å². The van der Waals surface area contributed by atoms with Gasteiger partial charge in [-0.25, -0.2) is 4.79 Å². The molecule has 2 rings (SSSR count). The van der Waals surface area contributed by atoms with Crippen molar-refractivity contribution in [3.8, 4) is 0 Å². The number of rotatable bonds is 3. The Hall–Kier alpha value is -1.49. The lowest BCUT2D eigenvalue weighted by Crippen LogP contribution is -2.52. The van der Waals surface area contributed by atoms with Crippen LogP contribution in [-0.4, -0.2) is 32.4 Å². The van der Waals surface area contributed by atoms with E-state index in [2.05, 4.69) is 0 Å². The fourth-order valence-corrected chi connectivity index (χ4v) is 5.10. The normalized spacial score (nSPS) is 22.4. The summed E-state index contributed by atoms with van der Waals surface area (Å²) < 4.78 is 5.11. The topological polar surface area (TPSA) is 46.6 Å². The predicted octanol–water partition coefficient (Wildman–Crippen LogP) is 3.84. The molecular weight excluding hydrogens is 298 g/mol. The minimum absolute atomic E-state index is 0.0141. The van der Waals surface area contributed by atoms with Gasteiger partial charge in [-0.2, -0.15) is 0 Å². The van der Waals surface area contributed by atoms with Gasteiger partial charge in [-0.1, -0.05) is 30.3 Å². The summed E-state index contributed by atoms with van der Waals surface area (Å²) in [5.74, 6) is -0.0141. The average molecular weight is 321 g/mol. The first-order valence-corrected chi connectivity index (χ1v) is 8.17. The number of ether oxygens (including phenoxy) is 1. The van der Waals surface area contributed by atoms with E-state index < -0.39 is 17.0 Å². The number of carbonyl (C=O) groups excluding carboxylic acids is 2. The third kappa shape index (κ3) is 3.29. The van der Waals surface area contributed by atoms with E-state index in [9.17, 15) is 9.59 Å². The maximum Gasteiger partial charge on any atom is 0.411 e. The number of hydrogen-bond acceptors (Lipinski definition) is 4. The summed E-state index contributed by atoms with van der Waals surface area (Å²) >= 11 is 1.62. The number of benzene rings is 1. The van der Waals surface area contributed by atoms with Crippen molar-refractivity contribution in [2.45, 2.75) is 56.9 Å². The molecule has 0 radical (unpaired) electrons. The van der Waals surface area contributed by atoms with Crippen molar-refractivity contribution in [2.24, 2.45) is 0 Å². The SMILES string of the molecule is CC(=O)[C@H]1N(C(=O)OCc2ccccc2)C(C)(C)SC1(C)C. The number of amides is 1. The van der Waals surface area contributed by atoms with E-state index in [1.54, 1.807) is 16.7 Å². The van der Waals surface area contributed by atoms with Crippen LogP contribution in [0.25, 0.3) is 0 Å². The summed E-state index contributed by atoms with van der Waals surface area (Å²) in [6.45, 7) is 9.64. The number of Topliss-reactive ketones (excluding diaryl/α,β-unsaturated/α-hetero) is 1. The van der Waals surface area contributed by atoms with Crippen LogP contribution in [0.15, 0.2) is 30.3 Å². The van der Waals surface area contributed by atoms with E-state index in [0.29, 0.717) is 0 Å². The van der Waals surface area contributed by atoms with E-state index in [1.165, 1.54) is 6.92 Å². The van der Waals surface area contributed by atoms with Crippen LogP contribution in [-0.2, 0) is 16.1 Å². The van der Waals surface area contributed by atoms with Crippen LogP contribution in [0.2, 0.25) is 0 Å². The zero-order valence-electron chi connectivity index (χ0n) is 13.8. The van der Waals surface area contributed by atoms with Crippen molar-refractivity contribution >= 4 is 23.6 Å². The molecule has 0 bridgehead atoms. The van der Waals surface area contributed by atoms with Gasteiger partial charge in [0, 0.05) is 4.75 Å². The van der Waals surface area contributed by atoms with E-state index in [4.69, 9.17) is 4.74 Å². The Morgan fingerprint density at radius 3 is 2.32 bits per heavy atom. The summed E-state index contributed by atoms with van der Waals surface area (Å²) in [6.07, 6.45) is -0.438. The Morgan fingerprint density at radius 1 is 1.18 bits per heavy atom. The van der Waals surface area contributed by atoms with Gasteiger partial charge in [-0.3, -0.25) is 9.69 Å². The highest BCUT2D eigenvalue weighted by molar-refractivity contribution is 8.02. The molecule has 4 nitrogen and oxygen atoms in total. The number of thioether (sulfide) groups is 1. The average Bonchev–Trinajstić information content (AvgIpc) is 2.61. The molecule has 1 heterocycles. The number of carbonyl (C=O) groups is 2. The zero-order chi connectivity index (χ0) is 16.5. The lowest BCUT2D eigenvalue weighted by molar-refractivity contribution is -0.122. The van der Waals surface area contributed by atoms with Crippen LogP contribution in [0.3, 0.4) is 0 Å². The number of hydrogen-bond donors (Lipinski definition) is 0. The van der Waals surface area contributed by atoms with Crippen LogP contribution >= 0.6 is 11.8 Å². The van der Waals surface area contributed by atoms with Gasteiger partial charge >= 0.3 is 6.09 Å². The first-order valence-electron chi connectivity index (χ1n) is 7.36. The molecule has 1 aliphatic rings. The molecule has 0 saturated carbocycles. The molecule has 1 aromatic rings. The van der Waals surface area contributed by atoms with Gasteiger partial charge in [-0.15, -0.1) is 11.8 Å². The lowest BCUT2D eigenvalue weighted by atomic mass is 9.97. The van der Waals surface area contributed by atoms with E-state index in [-0.39, 0.29) is 17.1 Å². The molecule has 1 amide bonds. The van der Waals surface area contributed by atoms with Crippen molar-refractivity contribution in [3.63, 3.8) is 0 Å². The highest BCUT2D eigenvalue weighted by atomic mass is 32.2. The van der Waals surface area contributed by atoms with Gasteiger partial charge < -0.3 is 4.74 Å². The molecule has 1 saturated heterocycles. The van der Waals surface area contributed by atoms with Gasteiger partial charge in [0.25, 0.3) is 0 Å². The fourth-order valence-electron chi connectivity index (χ4n) is 3.16. The summed E-state index contributed by atoms with van der Waals surface area (Å²) in [7, 11) is 0. The quantitative estimate of drug-likeness (QED) is 0.848. The molecule has 0 aromatic heterocycles. The van der Waals surface area contributed by atoms with Gasteiger partial charge in [0.05, 0.1) is 4.87 Å². The molecule has 0 aliphatic carbocycles. The number of nitrogens with zero attached hydrogens (tertiary/aromatic N) is 1. The lowest BCUT2D eigenvalue weighted by Gasteiger charge is -2.33. The first kappa shape index (κ1) is 16.9. The molecule has 0 unspecified atom stereocenters. The van der Waals surface area contributed by atoms with Gasteiger partial charge in [0.2, 0.25) is 0 Å². The molecule has 1 aromatic carbocycles. The molecular formula is C17H23NO3S. The van der Waals surface area contributed by atoms with Crippen LogP contribution in [0.5, 0.6) is 0 Å². The number of ketones is 1. The second kappa shape index (κ2) is 5.95. The Balaban J connectivity index is 2.17. The third-order valence-corrected chi connectivity index (χ3v) is 5.24. The van der Waals surface area contributed by atoms with Gasteiger partial charge in [0.1, 0.15) is 12.6 Å². The summed E-state index contributed by atoms with van der Waals surface area (Å²) in [6, 6.07) is 9.06. The monoisotopic (exact) mass is 321 g/mol. The van der Waals surface area contributed by atoms with E-state index in [1.807, 2.05) is 58.0 Å². The molecule has 22 heavy (non-hydrogen) atoms. The second-order valence-electron chi connectivity index (χ2n) is 6.58. The van der Waals surface area contributed by atoms with Gasteiger partial charge in [-0.05, 0) is 40.2 Å². The van der Waals surface area contributed by atoms with Crippen molar-refractivity contribution < 1.29 is 14.3 Å². The molecule has 120 valence electrons. The second-order valence-corrected chi connectivity index (χ2v) is 8.83. The largest absolute Gasteiger partial charge is 0.444 e. The molecule has 0 spiro atoms. The molecule has 1 fully saturated rings. The summed E-state index contributed by atoms with van der Waals surface area (Å²) in [5, 5.41) is 0. The summed E-state index contributed by atoms with van der Waals surface area (Å²) in [5.41, 5.74) is 0.930. The van der Waals surface area contributed by atoms with Crippen LogP contribution in [0.1, 0.15) is 40.2 Å². The predicted molar refractivity (Wildman–Crippen MR) is 88.7 cm³/mol. The smallest absolute Gasteiger partial charge is 0.411 e. The third-order valence-electron chi connectivity index (χ3n) is 3.80. The van der Waals surface area contributed by atoms with E-state index in [0.717, 1.165) is 5.56 Å². The highest BCUT2D eigenvalue weighted by Gasteiger charge is 2.56. The molecule has 1 atom stereocenters. The highest BCUT2D eigenvalue weighted by Crippen LogP contribution is 2.51. The Kier molecular flexibility index (Phi) is 4.57. The van der Waals surface area contributed by atoms with Crippen molar-refractivity contribution in [2.75, 3.05) is 0 Å². The minimum atomic E-state index is -0.479. The van der Waals surface area contributed by atoms with Crippen molar-refractivity contribution in [1.29, 1.82) is 0 Å². The standard InChI is InChI=1S/C17H23NO3S/c1-12(19)14-16(2,3)22-17(4,5)18(14)15(20)21-11-13-9-7-6-8-10-13/h6-10,14H,11H2,1-5H3/t14-/m1/s1. The zero-order valence-corrected chi connectivity index (χ0v) is 14.6. The van der Waals surface area contributed by atoms with Crippen LogP contribution in [0, 0.1) is 0 Å².